The van der Waals surface area contributed by atoms with Gasteiger partial charge in [-0.2, -0.15) is 0 Å². The fraction of sp³-hybridized carbons (Fsp3) is 0.0952. The van der Waals surface area contributed by atoms with Crippen LogP contribution in [0.4, 0.5) is 5.69 Å². The van der Waals surface area contributed by atoms with Gasteiger partial charge in [-0.3, -0.25) is 14.2 Å². The van der Waals surface area contributed by atoms with Gasteiger partial charge in [-0.05, 0) is 43.3 Å². The number of carbonyl (C=O) groups excluding carboxylic acids is 1. The fourth-order valence-electron chi connectivity index (χ4n) is 3.19. The first-order valence-corrected chi connectivity index (χ1v) is 11.0. The van der Waals surface area contributed by atoms with Crippen molar-refractivity contribution in [1.82, 2.24) is 9.13 Å². The van der Waals surface area contributed by atoms with E-state index in [4.69, 9.17) is 34.8 Å². The molecule has 158 valence electrons. The molecule has 31 heavy (non-hydrogen) atoms. The average molecular weight is 495 g/mol. The number of anilines is 1. The molecule has 2 aromatic carbocycles. The summed E-state index contributed by atoms with van der Waals surface area (Å²) in [5.41, 5.74) is -0.468. The molecule has 0 aliphatic rings. The molecule has 1 amide bonds. The summed E-state index contributed by atoms with van der Waals surface area (Å²) in [5.74, 6) is -0.491. The number of thiophene rings is 1. The van der Waals surface area contributed by atoms with Crippen molar-refractivity contribution in [3.05, 3.63) is 89.3 Å². The number of amides is 1. The summed E-state index contributed by atoms with van der Waals surface area (Å²) in [4.78, 5) is 40.4. The van der Waals surface area contributed by atoms with Crippen molar-refractivity contribution in [2.75, 3.05) is 5.32 Å². The highest BCUT2D eigenvalue weighted by atomic mass is 35.5. The van der Waals surface area contributed by atoms with Crippen molar-refractivity contribution in [3.8, 4) is 5.69 Å². The van der Waals surface area contributed by atoms with Gasteiger partial charge in [0.05, 0.1) is 26.8 Å². The van der Waals surface area contributed by atoms with Gasteiger partial charge in [0.2, 0.25) is 5.91 Å². The van der Waals surface area contributed by atoms with Gasteiger partial charge in [-0.25, -0.2) is 9.36 Å². The first-order chi connectivity index (χ1) is 14.8. The molecule has 0 unspecified atom stereocenters. The van der Waals surface area contributed by atoms with E-state index in [-0.39, 0.29) is 11.6 Å². The molecule has 0 saturated heterocycles. The van der Waals surface area contributed by atoms with Gasteiger partial charge in [0.15, 0.2) is 0 Å². The Labute approximate surface area is 195 Å². The predicted octanol–water partition coefficient (Wildman–Crippen LogP) is 5.12. The van der Waals surface area contributed by atoms with E-state index >= 15 is 0 Å². The van der Waals surface area contributed by atoms with Gasteiger partial charge in [0.1, 0.15) is 11.4 Å². The van der Waals surface area contributed by atoms with Crippen molar-refractivity contribution in [1.29, 1.82) is 0 Å². The van der Waals surface area contributed by atoms with E-state index in [1.54, 1.807) is 42.5 Å². The lowest BCUT2D eigenvalue weighted by Crippen LogP contribution is -2.40. The van der Waals surface area contributed by atoms with Crippen LogP contribution in [0.1, 0.15) is 4.88 Å². The smallest absolute Gasteiger partial charge is 0.323 e. The molecule has 0 saturated carbocycles. The molecule has 4 rings (SSSR count). The molecular formula is C21H14Cl3N3O3S. The van der Waals surface area contributed by atoms with Crippen LogP contribution >= 0.6 is 46.1 Å². The maximum atomic E-state index is 13.3. The van der Waals surface area contributed by atoms with Gasteiger partial charge in [0.25, 0.3) is 5.56 Å². The number of aromatic nitrogens is 2. The zero-order valence-electron chi connectivity index (χ0n) is 16.0. The molecule has 2 heterocycles. The third-order valence-corrected chi connectivity index (χ3v) is 6.66. The summed E-state index contributed by atoms with van der Waals surface area (Å²) in [6, 6.07) is 13.0. The molecule has 0 aliphatic carbocycles. The van der Waals surface area contributed by atoms with Crippen LogP contribution in [0.2, 0.25) is 15.1 Å². The monoisotopic (exact) mass is 493 g/mol. The van der Waals surface area contributed by atoms with Crippen LogP contribution in [0.5, 0.6) is 0 Å². The molecule has 0 fully saturated rings. The van der Waals surface area contributed by atoms with Crippen LogP contribution in [0, 0.1) is 6.92 Å². The van der Waals surface area contributed by atoms with E-state index in [9.17, 15) is 14.4 Å². The lowest BCUT2D eigenvalue weighted by atomic mass is 10.3. The number of hydrogen-bond acceptors (Lipinski definition) is 4. The highest BCUT2D eigenvalue weighted by molar-refractivity contribution is 7.18. The quantitative estimate of drug-likeness (QED) is 0.428. The number of halogens is 3. The molecule has 6 nitrogen and oxygen atoms in total. The second kappa shape index (κ2) is 8.51. The minimum absolute atomic E-state index is 0.200. The summed E-state index contributed by atoms with van der Waals surface area (Å²) in [7, 11) is 0. The summed E-state index contributed by atoms with van der Waals surface area (Å²) in [5, 5.41) is 3.88. The highest BCUT2D eigenvalue weighted by Gasteiger charge is 2.19. The molecule has 0 atom stereocenters. The Kier molecular flexibility index (Phi) is 5.94. The van der Waals surface area contributed by atoms with Gasteiger partial charge in [-0.15, -0.1) is 11.3 Å². The summed E-state index contributed by atoms with van der Waals surface area (Å²) >= 11 is 19.5. The fourth-order valence-corrected chi connectivity index (χ4v) is 4.71. The Morgan fingerprint density at radius 1 is 1.06 bits per heavy atom. The zero-order chi connectivity index (χ0) is 22.3. The zero-order valence-corrected chi connectivity index (χ0v) is 19.1. The third-order valence-electron chi connectivity index (χ3n) is 4.53. The largest absolute Gasteiger partial charge is 0.337 e. The SMILES string of the molecule is Cc1cc2c(=O)n(-c3cccc(Cl)c3)c(=O)n(CC(=O)Nc3cccc(Cl)c3Cl)c2s1. The number of nitrogens with one attached hydrogen (secondary N) is 1. The Morgan fingerprint density at radius 3 is 2.55 bits per heavy atom. The minimum Gasteiger partial charge on any atom is -0.323 e. The second-order valence-corrected chi connectivity index (χ2v) is 9.17. The molecule has 0 radical (unpaired) electrons. The van der Waals surface area contributed by atoms with E-state index < -0.39 is 17.2 Å². The Bertz CT molecular complexity index is 1460. The number of hydrogen-bond donors (Lipinski definition) is 1. The Balaban J connectivity index is 1.84. The number of aryl methyl sites for hydroxylation is 1. The van der Waals surface area contributed by atoms with Gasteiger partial charge in [-0.1, -0.05) is 46.9 Å². The molecule has 10 heteroatoms. The summed E-state index contributed by atoms with van der Waals surface area (Å²) < 4.78 is 2.28. The van der Waals surface area contributed by atoms with Crippen LogP contribution in [0.15, 0.2) is 58.1 Å². The van der Waals surface area contributed by atoms with Crippen molar-refractivity contribution in [3.63, 3.8) is 0 Å². The second-order valence-electron chi connectivity index (χ2n) is 6.71. The number of carbonyl (C=O) groups is 1. The van der Waals surface area contributed by atoms with E-state index in [0.29, 0.717) is 31.6 Å². The Morgan fingerprint density at radius 2 is 1.81 bits per heavy atom. The molecule has 4 aromatic rings. The standard InChI is InChI=1S/C21H14Cl3N3O3S/c1-11-8-14-19(29)27(13-5-2-4-12(22)9-13)21(30)26(20(14)31-11)10-17(28)25-16-7-3-6-15(23)18(16)24/h2-9H,10H2,1H3,(H,25,28). The normalized spacial score (nSPS) is 11.1. The molecule has 0 bridgehead atoms. The van der Waals surface area contributed by atoms with Gasteiger partial charge < -0.3 is 5.32 Å². The van der Waals surface area contributed by atoms with Crippen molar-refractivity contribution < 1.29 is 4.79 Å². The van der Waals surface area contributed by atoms with E-state index in [1.807, 2.05) is 6.92 Å². The maximum Gasteiger partial charge on any atom is 0.337 e. The average Bonchev–Trinajstić information content (AvgIpc) is 3.11. The first-order valence-electron chi connectivity index (χ1n) is 9.02. The van der Waals surface area contributed by atoms with E-state index in [2.05, 4.69) is 5.32 Å². The summed E-state index contributed by atoms with van der Waals surface area (Å²) in [6.45, 7) is 1.51. The molecule has 2 aromatic heterocycles. The lowest BCUT2D eigenvalue weighted by Gasteiger charge is -2.13. The van der Waals surface area contributed by atoms with Crippen LogP contribution in [-0.4, -0.2) is 15.0 Å². The molecule has 0 aliphatic heterocycles. The first kappa shape index (κ1) is 21.6. The summed E-state index contributed by atoms with van der Waals surface area (Å²) in [6.07, 6.45) is 0. The Hall–Kier alpha value is -2.58. The highest BCUT2D eigenvalue weighted by Crippen LogP contribution is 2.29. The predicted molar refractivity (Wildman–Crippen MR) is 127 cm³/mol. The minimum atomic E-state index is -0.644. The van der Waals surface area contributed by atoms with Crippen LogP contribution in [-0.2, 0) is 11.3 Å². The van der Waals surface area contributed by atoms with Crippen molar-refractivity contribution >= 4 is 68.0 Å². The molecule has 1 N–H and O–H groups in total. The molecular weight excluding hydrogens is 481 g/mol. The van der Waals surface area contributed by atoms with Crippen molar-refractivity contribution in [2.45, 2.75) is 13.5 Å². The van der Waals surface area contributed by atoms with Gasteiger partial charge >= 0.3 is 5.69 Å². The molecule has 0 spiro atoms. The van der Waals surface area contributed by atoms with Crippen LogP contribution in [0.25, 0.3) is 15.9 Å². The van der Waals surface area contributed by atoms with Crippen LogP contribution < -0.4 is 16.6 Å². The van der Waals surface area contributed by atoms with E-state index in [1.165, 1.54) is 22.0 Å². The van der Waals surface area contributed by atoms with Crippen LogP contribution in [0.3, 0.4) is 0 Å². The lowest BCUT2D eigenvalue weighted by molar-refractivity contribution is -0.116. The number of nitrogens with zero attached hydrogens (tertiary/aromatic N) is 2. The number of rotatable bonds is 4. The third kappa shape index (κ3) is 4.14. The van der Waals surface area contributed by atoms with Gasteiger partial charge in [0, 0.05) is 9.90 Å². The number of benzene rings is 2. The van der Waals surface area contributed by atoms with E-state index in [0.717, 1.165) is 9.44 Å². The van der Waals surface area contributed by atoms with Crippen molar-refractivity contribution in [2.24, 2.45) is 0 Å². The topological polar surface area (TPSA) is 73.1 Å². The maximum absolute atomic E-state index is 13.3. The number of fused-ring (bicyclic) bond motifs is 1.